The molecule has 1 N–H and O–H groups in total. The molecule has 0 radical (unpaired) electrons. The summed E-state index contributed by atoms with van der Waals surface area (Å²) >= 11 is 0. The number of ether oxygens (including phenoxy) is 4. The van der Waals surface area contributed by atoms with Crippen molar-refractivity contribution in [2.24, 2.45) is 22.7 Å². The van der Waals surface area contributed by atoms with Crippen molar-refractivity contribution in [3.05, 3.63) is 36.0 Å². The Morgan fingerprint density at radius 2 is 1.84 bits per heavy atom. The molecule has 2 aliphatic carbocycles. The van der Waals surface area contributed by atoms with E-state index in [1.165, 1.54) is 33.5 Å². The van der Waals surface area contributed by atoms with Crippen molar-refractivity contribution in [2.45, 2.75) is 38.4 Å². The van der Waals surface area contributed by atoms with Crippen LogP contribution < -0.4 is 0 Å². The van der Waals surface area contributed by atoms with Crippen molar-refractivity contribution in [3.8, 4) is 0 Å². The third kappa shape index (κ3) is 3.35. The van der Waals surface area contributed by atoms with Crippen molar-refractivity contribution < 1.29 is 43.2 Å². The Bertz CT molecular complexity index is 932. The summed E-state index contributed by atoms with van der Waals surface area (Å²) < 4.78 is 19.9. The number of hydrogen-bond donors (Lipinski definition) is 1. The van der Waals surface area contributed by atoms with Crippen LogP contribution in [0.15, 0.2) is 36.0 Å². The summed E-state index contributed by atoms with van der Waals surface area (Å²) in [6.07, 6.45) is 7.15. The van der Waals surface area contributed by atoms with Gasteiger partial charge in [-0.1, -0.05) is 26.0 Å². The molecule has 0 aromatic rings. The fraction of sp³-hybridized carbons (Fsp3) is 0.565. The molecular formula is C23H28O9. The van der Waals surface area contributed by atoms with Crippen LogP contribution in [0.4, 0.5) is 0 Å². The Morgan fingerprint density at radius 1 is 1.16 bits per heavy atom. The van der Waals surface area contributed by atoms with Crippen molar-refractivity contribution in [1.29, 1.82) is 0 Å². The third-order valence-electron chi connectivity index (χ3n) is 7.34. The van der Waals surface area contributed by atoms with Gasteiger partial charge in [-0.2, -0.15) is 0 Å². The summed E-state index contributed by atoms with van der Waals surface area (Å²) in [6, 6.07) is 0. The molecule has 174 valence electrons. The summed E-state index contributed by atoms with van der Waals surface area (Å²) in [4.78, 5) is 49.2. The number of methoxy groups -OCH3 is 3. The molecule has 4 rings (SSSR count). The average molecular weight is 448 g/mol. The molecule has 1 saturated heterocycles. The van der Waals surface area contributed by atoms with Gasteiger partial charge in [0.2, 0.25) is 0 Å². The molecule has 0 spiro atoms. The summed E-state index contributed by atoms with van der Waals surface area (Å²) in [5.74, 6) is -3.84. The number of aliphatic hydroxyl groups is 1. The first-order chi connectivity index (χ1) is 15.0. The van der Waals surface area contributed by atoms with Gasteiger partial charge in [0.25, 0.3) is 0 Å². The van der Waals surface area contributed by atoms with Gasteiger partial charge in [0.05, 0.1) is 32.8 Å². The van der Waals surface area contributed by atoms with Gasteiger partial charge in [0.15, 0.2) is 5.60 Å². The highest BCUT2D eigenvalue weighted by molar-refractivity contribution is 5.98. The summed E-state index contributed by atoms with van der Waals surface area (Å²) in [5, 5.41) is 11.3. The highest BCUT2D eigenvalue weighted by atomic mass is 16.6. The lowest BCUT2D eigenvalue weighted by Crippen LogP contribution is -2.71. The molecular weight excluding hydrogens is 420 g/mol. The second kappa shape index (κ2) is 8.20. The van der Waals surface area contributed by atoms with Gasteiger partial charge < -0.3 is 24.1 Å². The Kier molecular flexibility index (Phi) is 6.08. The third-order valence-corrected chi connectivity index (χ3v) is 7.34. The maximum atomic E-state index is 12.7. The molecule has 9 nitrogen and oxygen atoms in total. The van der Waals surface area contributed by atoms with E-state index < -0.39 is 58.2 Å². The molecule has 2 heterocycles. The molecule has 0 aromatic heterocycles. The minimum atomic E-state index is -1.84. The van der Waals surface area contributed by atoms with E-state index in [9.17, 15) is 24.3 Å². The van der Waals surface area contributed by atoms with Crippen LogP contribution in [0.1, 0.15) is 26.7 Å². The summed E-state index contributed by atoms with van der Waals surface area (Å²) in [5.41, 5.74) is -3.85. The van der Waals surface area contributed by atoms with Gasteiger partial charge in [0.1, 0.15) is 6.10 Å². The van der Waals surface area contributed by atoms with Crippen molar-refractivity contribution in [2.75, 3.05) is 21.3 Å². The van der Waals surface area contributed by atoms with E-state index in [-0.39, 0.29) is 5.57 Å². The average Bonchev–Trinajstić information content (AvgIpc) is 2.77. The molecule has 0 unspecified atom stereocenters. The Hall–Kier alpha value is -2.94. The highest BCUT2D eigenvalue weighted by Crippen LogP contribution is 2.65. The SMILES string of the molecule is COC(=O)/C=C(/C=C/[C@@]1(C)[C@@H](C(=O)OC)CC[C@@]2(C)[C@@H]1[C@@H]1C=C[C@@]2(O)C(=O)O1)C(=O)OC. The quantitative estimate of drug-likeness (QED) is 0.217. The minimum absolute atomic E-state index is 0.0799. The Balaban J connectivity index is 2.14. The normalized spacial score (nSPS) is 38.1. The van der Waals surface area contributed by atoms with E-state index in [0.29, 0.717) is 12.8 Å². The molecule has 32 heavy (non-hydrogen) atoms. The number of carbonyl (C=O) groups is 4. The largest absolute Gasteiger partial charge is 0.469 e. The van der Waals surface area contributed by atoms with Crippen LogP contribution in [0.5, 0.6) is 0 Å². The van der Waals surface area contributed by atoms with E-state index in [0.717, 1.165) is 6.08 Å². The number of fused-ring (bicyclic) bond motifs is 1. The minimum Gasteiger partial charge on any atom is -0.469 e. The van der Waals surface area contributed by atoms with Crippen LogP contribution in [-0.4, -0.2) is 62.0 Å². The molecule has 1 saturated carbocycles. The molecule has 0 amide bonds. The molecule has 9 heteroatoms. The summed E-state index contributed by atoms with van der Waals surface area (Å²) in [7, 11) is 3.65. The van der Waals surface area contributed by atoms with E-state index in [2.05, 4.69) is 4.74 Å². The van der Waals surface area contributed by atoms with Gasteiger partial charge in [-0.05, 0) is 25.0 Å². The molecule has 0 aromatic carbocycles. The van der Waals surface area contributed by atoms with E-state index in [1.54, 1.807) is 26.0 Å². The zero-order valence-corrected chi connectivity index (χ0v) is 18.7. The van der Waals surface area contributed by atoms with Crippen LogP contribution in [0.3, 0.4) is 0 Å². The summed E-state index contributed by atoms with van der Waals surface area (Å²) in [6.45, 7) is 3.60. The van der Waals surface area contributed by atoms with E-state index >= 15 is 0 Å². The van der Waals surface area contributed by atoms with Gasteiger partial charge in [-0.3, -0.25) is 4.79 Å². The maximum absolute atomic E-state index is 12.7. The zero-order valence-electron chi connectivity index (χ0n) is 18.7. The first-order valence-electron chi connectivity index (χ1n) is 10.3. The topological polar surface area (TPSA) is 125 Å². The number of carbonyl (C=O) groups excluding carboxylic acids is 4. The van der Waals surface area contributed by atoms with Gasteiger partial charge in [-0.15, -0.1) is 0 Å². The van der Waals surface area contributed by atoms with Crippen molar-refractivity contribution >= 4 is 23.9 Å². The smallest absolute Gasteiger partial charge is 0.343 e. The lowest BCUT2D eigenvalue weighted by Gasteiger charge is -2.63. The standard InChI is InChI=1S/C23H28O9/c1-21(9-6-13(18(25)30-4)12-16(24)29-3)14(19(26)31-5)7-10-22(2)17(21)15-8-11-23(22,28)20(27)32-15/h6,8-9,11-12,14-15,17,28H,7,10H2,1-5H3/b9-6+,13-12-/t14-,15+,17-,21+,22+,23-/m1/s1. The Labute approximate surface area is 186 Å². The number of hydrogen-bond acceptors (Lipinski definition) is 9. The number of esters is 4. The number of rotatable bonds is 5. The van der Waals surface area contributed by atoms with Crippen LogP contribution in [0, 0.1) is 22.7 Å². The van der Waals surface area contributed by atoms with Crippen LogP contribution >= 0.6 is 0 Å². The second-order valence-corrected chi connectivity index (χ2v) is 8.82. The predicted molar refractivity (Wildman–Crippen MR) is 110 cm³/mol. The first kappa shape index (κ1) is 23.7. The molecule has 2 bridgehead atoms. The van der Waals surface area contributed by atoms with Gasteiger partial charge >= 0.3 is 23.9 Å². The lowest BCUT2D eigenvalue weighted by atomic mass is 9.43. The second-order valence-electron chi connectivity index (χ2n) is 8.82. The van der Waals surface area contributed by atoms with Crippen molar-refractivity contribution in [1.82, 2.24) is 0 Å². The van der Waals surface area contributed by atoms with E-state index in [1.807, 2.05) is 0 Å². The van der Waals surface area contributed by atoms with Gasteiger partial charge in [-0.25, -0.2) is 14.4 Å². The molecule has 2 aliphatic heterocycles. The molecule has 4 aliphatic rings. The first-order valence-corrected chi connectivity index (χ1v) is 10.3. The number of allylic oxidation sites excluding steroid dienone is 1. The Morgan fingerprint density at radius 3 is 2.41 bits per heavy atom. The monoisotopic (exact) mass is 448 g/mol. The zero-order chi connectivity index (χ0) is 23.9. The predicted octanol–water partition coefficient (Wildman–Crippen LogP) is 1.25. The lowest BCUT2D eigenvalue weighted by molar-refractivity contribution is -0.241. The maximum Gasteiger partial charge on any atom is 0.343 e. The highest BCUT2D eigenvalue weighted by Gasteiger charge is 2.71. The van der Waals surface area contributed by atoms with E-state index in [4.69, 9.17) is 14.2 Å². The van der Waals surface area contributed by atoms with Crippen LogP contribution in [0.25, 0.3) is 0 Å². The van der Waals surface area contributed by atoms with Crippen LogP contribution in [-0.2, 0) is 38.1 Å². The van der Waals surface area contributed by atoms with Crippen LogP contribution in [0.2, 0.25) is 0 Å². The van der Waals surface area contributed by atoms with Crippen molar-refractivity contribution in [3.63, 3.8) is 0 Å². The fourth-order valence-electron chi connectivity index (χ4n) is 5.60. The molecule has 6 atom stereocenters. The van der Waals surface area contributed by atoms with Gasteiger partial charge in [0, 0.05) is 22.8 Å². The molecule has 2 fully saturated rings. The fourth-order valence-corrected chi connectivity index (χ4v) is 5.60.